The van der Waals surface area contributed by atoms with E-state index in [0.717, 1.165) is 32.4 Å². The summed E-state index contributed by atoms with van der Waals surface area (Å²) in [5, 5.41) is 6.38. The second kappa shape index (κ2) is 7.09. The number of carbonyl (C=O) groups is 2. The highest BCUT2D eigenvalue weighted by molar-refractivity contribution is 5.97. The van der Waals surface area contributed by atoms with Crippen LogP contribution < -0.4 is 5.73 Å². The van der Waals surface area contributed by atoms with Gasteiger partial charge in [-0.1, -0.05) is 18.2 Å². The minimum Gasteiger partial charge on any atom is -0.364 e. The molecular formula is C19H24N4O2. The quantitative estimate of drug-likeness (QED) is 0.894. The van der Waals surface area contributed by atoms with E-state index in [-0.39, 0.29) is 11.6 Å². The Morgan fingerprint density at radius 1 is 1.20 bits per heavy atom. The molecule has 6 nitrogen and oxygen atoms in total. The molecule has 1 aromatic heterocycles. The zero-order chi connectivity index (χ0) is 18.0. The summed E-state index contributed by atoms with van der Waals surface area (Å²) in [5.41, 5.74) is 9.60. The Bertz CT molecular complexity index is 788. The summed E-state index contributed by atoms with van der Waals surface area (Å²) >= 11 is 0. The Morgan fingerprint density at radius 3 is 2.52 bits per heavy atom. The van der Waals surface area contributed by atoms with Crippen molar-refractivity contribution in [3.05, 3.63) is 52.3 Å². The van der Waals surface area contributed by atoms with Gasteiger partial charge in [0.15, 0.2) is 5.69 Å². The van der Waals surface area contributed by atoms with Gasteiger partial charge < -0.3 is 10.6 Å². The van der Waals surface area contributed by atoms with Crippen LogP contribution in [0.3, 0.4) is 0 Å². The largest absolute Gasteiger partial charge is 0.364 e. The van der Waals surface area contributed by atoms with Gasteiger partial charge in [-0.05, 0) is 55.7 Å². The molecule has 2 aromatic rings. The molecule has 0 unspecified atom stereocenters. The van der Waals surface area contributed by atoms with Crippen molar-refractivity contribution in [2.45, 2.75) is 33.1 Å². The number of hydrogen-bond acceptors (Lipinski definition) is 3. The van der Waals surface area contributed by atoms with Crippen LogP contribution in [0.4, 0.5) is 0 Å². The second-order valence-electron chi connectivity index (χ2n) is 6.89. The third kappa shape index (κ3) is 3.90. The Kier molecular flexibility index (Phi) is 4.88. The molecule has 3 rings (SSSR count). The lowest BCUT2D eigenvalue weighted by molar-refractivity contribution is 0.0684. The van der Waals surface area contributed by atoms with Crippen LogP contribution in [-0.4, -0.2) is 40.0 Å². The molecule has 0 aliphatic carbocycles. The molecular weight excluding hydrogens is 316 g/mol. The monoisotopic (exact) mass is 340 g/mol. The van der Waals surface area contributed by atoms with E-state index in [0.29, 0.717) is 11.6 Å². The first-order chi connectivity index (χ1) is 11.9. The minimum absolute atomic E-state index is 0.0907. The van der Waals surface area contributed by atoms with Crippen molar-refractivity contribution in [1.29, 1.82) is 0 Å². The molecule has 2 heterocycles. The highest BCUT2D eigenvalue weighted by Gasteiger charge is 2.25. The molecule has 0 radical (unpaired) electrons. The average Bonchev–Trinajstić information content (AvgIpc) is 3.09. The molecule has 0 atom stereocenters. The number of aromatic amines is 1. The summed E-state index contributed by atoms with van der Waals surface area (Å²) in [4.78, 5) is 25.4. The fourth-order valence-electron chi connectivity index (χ4n) is 3.33. The number of hydrogen-bond donors (Lipinski definition) is 2. The molecule has 0 saturated carbocycles. The van der Waals surface area contributed by atoms with Crippen molar-refractivity contribution in [2.24, 2.45) is 11.7 Å². The number of amides is 2. The molecule has 1 saturated heterocycles. The number of rotatable bonds is 4. The summed E-state index contributed by atoms with van der Waals surface area (Å²) in [6.45, 7) is 5.71. The molecule has 1 aromatic carbocycles. The second-order valence-corrected chi connectivity index (χ2v) is 6.89. The molecule has 2 amide bonds. The van der Waals surface area contributed by atoms with Gasteiger partial charge in [-0.15, -0.1) is 0 Å². The van der Waals surface area contributed by atoms with Gasteiger partial charge in [-0.25, -0.2) is 0 Å². The number of nitrogens with two attached hydrogens (primary N) is 1. The van der Waals surface area contributed by atoms with E-state index in [1.54, 1.807) is 0 Å². The van der Waals surface area contributed by atoms with Gasteiger partial charge in [0.1, 0.15) is 5.69 Å². The van der Waals surface area contributed by atoms with Crippen molar-refractivity contribution < 1.29 is 9.59 Å². The number of benzene rings is 1. The summed E-state index contributed by atoms with van der Waals surface area (Å²) in [5.74, 6) is -0.166. The highest BCUT2D eigenvalue weighted by Crippen LogP contribution is 2.23. The zero-order valence-electron chi connectivity index (χ0n) is 14.7. The lowest BCUT2D eigenvalue weighted by Crippen LogP contribution is -2.39. The number of nitrogens with one attached hydrogen (secondary N) is 1. The van der Waals surface area contributed by atoms with Crippen LogP contribution >= 0.6 is 0 Å². The van der Waals surface area contributed by atoms with E-state index in [1.165, 1.54) is 22.8 Å². The molecule has 132 valence electrons. The number of likely N-dealkylation sites (tertiary alicyclic amines) is 1. The van der Waals surface area contributed by atoms with Crippen LogP contribution in [0.15, 0.2) is 24.3 Å². The lowest BCUT2D eigenvalue weighted by Gasteiger charge is -2.31. The number of aromatic nitrogens is 2. The van der Waals surface area contributed by atoms with Crippen LogP contribution in [0.1, 0.15) is 50.5 Å². The Hall–Kier alpha value is -2.63. The van der Waals surface area contributed by atoms with Gasteiger partial charge in [0.25, 0.3) is 11.8 Å². The molecule has 1 aliphatic rings. The predicted molar refractivity (Wildman–Crippen MR) is 95.4 cm³/mol. The molecule has 1 aliphatic heterocycles. The predicted octanol–water partition coefficient (Wildman–Crippen LogP) is 2.22. The van der Waals surface area contributed by atoms with Crippen LogP contribution in [0, 0.1) is 19.8 Å². The molecule has 6 heteroatoms. The van der Waals surface area contributed by atoms with Crippen molar-refractivity contribution in [2.75, 3.05) is 13.1 Å². The molecule has 1 fully saturated rings. The number of carbonyl (C=O) groups excluding carboxylic acids is 2. The first kappa shape index (κ1) is 17.2. The number of H-pyrrole nitrogens is 1. The van der Waals surface area contributed by atoms with Crippen molar-refractivity contribution in [3.8, 4) is 0 Å². The summed E-state index contributed by atoms with van der Waals surface area (Å²) in [6, 6.07) is 8.07. The van der Waals surface area contributed by atoms with E-state index in [1.807, 2.05) is 4.90 Å². The van der Waals surface area contributed by atoms with Crippen molar-refractivity contribution in [3.63, 3.8) is 0 Å². The molecule has 0 bridgehead atoms. The highest BCUT2D eigenvalue weighted by atomic mass is 16.2. The summed E-state index contributed by atoms with van der Waals surface area (Å²) in [6.07, 6.45) is 3.02. The van der Waals surface area contributed by atoms with Gasteiger partial charge >= 0.3 is 0 Å². The maximum atomic E-state index is 12.5. The summed E-state index contributed by atoms with van der Waals surface area (Å²) in [7, 11) is 0. The van der Waals surface area contributed by atoms with E-state index in [4.69, 9.17) is 5.73 Å². The molecule has 25 heavy (non-hydrogen) atoms. The van der Waals surface area contributed by atoms with Crippen molar-refractivity contribution >= 4 is 11.8 Å². The number of primary amides is 1. The number of piperidine rings is 1. The van der Waals surface area contributed by atoms with Gasteiger partial charge in [0.05, 0.1) is 0 Å². The third-order valence-electron chi connectivity index (χ3n) is 5.06. The molecule has 3 N–H and O–H groups in total. The standard InChI is InChI=1S/C19H24N4O2/c1-12-3-4-15(9-13(12)2)10-14-5-7-23(8-6-14)19(25)17-11-16(18(20)24)21-22-17/h3-4,9,11,14H,5-8,10H2,1-2H3,(H2,20,24)(H,21,22). The SMILES string of the molecule is Cc1ccc(CC2CCN(C(=O)c3cc(C(N)=O)n[nH]3)CC2)cc1C. The van der Waals surface area contributed by atoms with Gasteiger partial charge in [0, 0.05) is 19.2 Å². The zero-order valence-corrected chi connectivity index (χ0v) is 14.7. The Morgan fingerprint density at radius 2 is 1.92 bits per heavy atom. The van der Waals surface area contributed by atoms with Crippen LogP contribution in [-0.2, 0) is 6.42 Å². The van der Waals surface area contributed by atoms with E-state index >= 15 is 0 Å². The van der Waals surface area contributed by atoms with E-state index in [2.05, 4.69) is 42.2 Å². The topological polar surface area (TPSA) is 92.1 Å². The van der Waals surface area contributed by atoms with Gasteiger partial charge in [-0.3, -0.25) is 14.7 Å². The van der Waals surface area contributed by atoms with Crippen molar-refractivity contribution in [1.82, 2.24) is 15.1 Å². The van der Waals surface area contributed by atoms with E-state index < -0.39 is 5.91 Å². The first-order valence-corrected chi connectivity index (χ1v) is 8.64. The number of aryl methyl sites for hydroxylation is 2. The third-order valence-corrected chi connectivity index (χ3v) is 5.06. The molecule has 0 spiro atoms. The Labute approximate surface area is 147 Å². The average molecular weight is 340 g/mol. The fraction of sp³-hybridized carbons (Fsp3) is 0.421. The van der Waals surface area contributed by atoms with Gasteiger partial charge in [-0.2, -0.15) is 5.10 Å². The smallest absolute Gasteiger partial charge is 0.271 e. The summed E-state index contributed by atoms with van der Waals surface area (Å²) < 4.78 is 0. The van der Waals surface area contributed by atoms with E-state index in [9.17, 15) is 9.59 Å². The Balaban J connectivity index is 1.56. The minimum atomic E-state index is -0.637. The van der Waals surface area contributed by atoms with Crippen LogP contribution in [0.5, 0.6) is 0 Å². The maximum absolute atomic E-state index is 12.5. The normalized spacial score (nSPS) is 15.4. The van der Waals surface area contributed by atoms with Gasteiger partial charge in [0.2, 0.25) is 0 Å². The fourth-order valence-corrected chi connectivity index (χ4v) is 3.33. The van der Waals surface area contributed by atoms with Crippen LogP contribution in [0.2, 0.25) is 0 Å². The van der Waals surface area contributed by atoms with Crippen LogP contribution in [0.25, 0.3) is 0 Å². The first-order valence-electron chi connectivity index (χ1n) is 8.64. The maximum Gasteiger partial charge on any atom is 0.271 e. The number of nitrogens with zero attached hydrogens (tertiary/aromatic N) is 2. The lowest BCUT2D eigenvalue weighted by atomic mass is 9.89.